The Morgan fingerprint density at radius 3 is 2.07 bits per heavy atom. The van der Waals surface area contributed by atoms with Gasteiger partial charge in [0.15, 0.2) is 0 Å². The van der Waals surface area contributed by atoms with Crippen LogP contribution in [0.25, 0.3) is 0 Å². The van der Waals surface area contributed by atoms with E-state index >= 15 is 0 Å². The van der Waals surface area contributed by atoms with Crippen molar-refractivity contribution < 1.29 is 19.5 Å². The number of hydrogen-bond donors (Lipinski definition) is 4. The molecule has 0 bridgehead atoms. The van der Waals surface area contributed by atoms with Crippen molar-refractivity contribution in [1.29, 1.82) is 0 Å². The molecule has 15 heavy (non-hydrogen) atoms. The average Bonchev–Trinajstić information content (AvgIpc) is 1.99. The summed E-state index contributed by atoms with van der Waals surface area (Å²) in [6, 6.07) is -1.19. The average molecular weight is 217 g/mol. The SMILES string of the molecule is CC(C)(O)C(=O)NC(CC(N)=O)C(N)=O. The van der Waals surface area contributed by atoms with Gasteiger partial charge in [-0.25, -0.2) is 0 Å². The van der Waals surface area contributed by atoms with Gasteiger partial charge in [0.05, 0.1) is 6.42 Å². The van der Waals surface area contributed by atoms with Crippen LogP contribution in [0.4, 0.5) is 0 Å². The monoisotopic (exact) mass is 217 g/mol. The third-order valence-corrected chi connectivity index (χ3v) is 1.61. The number of amides is 3. The lowest BCUT2D eigenvalue weighted by Crippen LogP contribution is -2.52. The number of carbonyl (C=O) groups is 3. The van der Waals surface area contributed by atoms with E-state index in [1.165, 1.54) is 13.8 Å². The molecule has 0 aromatic carbocycles. The predicted molar refractivity (Wildman–Crippen MR) is 51.2 cm³/mol. The van der Waals surface area contributed by atoms with Gasteiger partial charge in [0.25, 0.3) is 5.91 Å². The molecule has 86 valence electrons. The maximum absolute atomic E-state index is 11.2. The van der Waals surface area contributed by atoms with Crippen molar-refractivity contribution >= 4 is 17.7 Å². The van der Waals surface area contributed by atoms with Crippen molar-refractivity contribution in [1.82, 2.24) is 5.32 Å². The van der Waals surface area contributed by atoms with E-state index in [0.29, 0.717) is 0 Å². The summed E-state index contributed by atoms with van der Waals surface area (Å²) in [5, 5.41) is 11.4. The molecule has 0 aliphatic heterocycles. The van der Waals surface area contributed by atoms with Crippen LogP contribution in [0, 0.1) is 0 Å². The Morgan fingerprint density at radius 2 is 1.80 bits per heavy atom. The minimum absolute atomic E-state index is 0.392. The van der Waals surface area contributed by atoms with Gasteiger partial charge in [0.1, 0.15) is 11.6 Å². The first-order valence-electron chi connectivity index (χ1n) is 4.25. The fraction of sp³-hybridized carbons (Fsp3) is 0.625. The first kappa shape index (κ1) is 13.4. The molecule has 3 amide bonds. The van der Waals surface area contributed by atoms with Crippen LogP contribution < -0.4 is 16.8 Å². The van der Waals surface area contributed by atoms with E-state index in [9.17, 15) is 19.5 Å². The van der Waals surface area contributed by atoms with E-state index in [0.717, 1.165) is 0 Å². The lowest BCUT2D eigenvalue weighted by molar-refractivity contribution is -0.139. The number of aliphatic hydroxyl groups is 1. The Bertz CT molecular complexity index is 282. The molecule has 0 saturated carbocycles. The third kappa shape index (κ3) is 4.96. The highest BCUT2D eigenvalue weighted by molar-refractivity contribution is 5.92. The number of nitrogens with one attached hydrogen (secondary N) is 1. The molecule has 1 unspecified atom stereocenters. The van der Waals surface area contributed by atoms with Gasteiger partial charge >= 0.3 is 0 Å². The highest BCUT2D eigenvalue weighted by Crippen LogP contribution is 2.02. The highest BCUT2D eigenvalue weighted by atomic mass is 16.3. The maximum atomic E-state index is 11.2. The fourth-order valence-electron chi connectivity index (χ4n) is 0.759. The Labute approximate surface area is 86.8 Å². The molecule has 7 heteroatoms. The zero-order valence-electron chi connectivity index (χ0n) is 8.61. The lowest BCUT2D eigenvalue weighted by atomic mass is 10.1. The number of rotatable bonds is 5. The minimum atomic E-state index is -1.65. The molecule has 0 saturated heterocycles. The number of hydrogen-bond acceptors (Lipinski definition) is 4. The van der Waals surface area contributed by atoms with Crippen molar-refractivity contribution in [2.24, 2.45) is 11.5 Å². The molecule has 0 aliphatic rings. The van der Waals surface area contributed by atoms with Crippen LogP contribution in [-0.2, 0) is 14.4 Å². The Kier molecular flexibility index (Phi) is 4.22. The van der Waals surface area contributed by atoms with Gasteiger partial charge in [-0.15, -0.1) is 0 Å². The van der Waals surface area contributed by atoms with Gasteiger partial charge in [0.2, 0.25) is 11.8 Å². The number of primary amides is 2. The second kappa shape index (κ2) is 4.74. The maximum Gasteiger partial charge on any atom is 0.252 e. The topological polar surface area (TPSA) is 136 Å². The van der Waals surface area contributed by atoms with E-state index in [1.807, 2.05) is 0 Å². The summed E-state index contributed by atoms with van der Waals surface area (Å²) < 4.78 is 0. The Hall–Kier alpha value is -1.63. The molecule has 0 heterocycles. The molecule has 0 aromatic rings. The Morgan fingerprint density at radius 1 is 1.33 bits per heavy atom. The standard InChI is InChI=1S/C8H15N3O4/c1-8(2,15)7(14)11-4(6(10)13)3-5(9)12/h4,15H,3H2,1-2H3,(H2,9,12)(H2,10,13)(H,11,14). The van der Waals surface area contributed by atoms with E-state index in [1.54, 1.807) is 0 Å². The first-order valence-corrected chi connectivity index (χ1v) is 4.25. The molecule has 0 fully saturated rings. The fourth-order valence-corrected chi connectivity index (χ4v) is 0.759. The van der Waals surface area contributed by atoms with E-state index in [2.05, 4.69) is 5.32 Å². The second-order valence-electron chi connectivity index (χ2n) is 3.66. The van der Waals surface area contributed by atoms with Crippen molar-refractivity contribution in [2.45, 2.75) is 31.9 Å². The minimum Gasteiger partial charge on any atom is -0.381 e. The van der Waals surface area contributed by atoms with Crippen molar-refractivity contribution in [3.05, 3.63) is 0 Å². The van der Waals surface area contributed by atoms with E-state index in [-0.39, 0.29) is 0 Å². The molecule has 6 N–H and O–H groups in total. The molecule has 7 nitrogen and oxygen atoms in total. The quantitative estimate of drug-likeness (QED) is 0.408. The summed E-state index contributed by atoms with van der Waals surface area (Å²) in [6.07, 6.45) is -0.392. The molecule has 0 rings (SSSR count). The largest absolute Gasteiger partial charge is 0.381 e. The molecule has 0 spiro atoms. The van der Waals surface area contributed by atoms with Crippen LogP contribution in [0.3, 0.4) is 0 Å². The van der Waals surface area contributed by atoms with Gasteiger partial charge in [0, 0.05) is 0 Å². The van der Waals surface area contributed by atoms with E-state index in [4.69, 9.17) is 11.5 Å². The summed E-state index contributed by atoms with van der Waals surface area (Å²) in [6.45, 7) is 2.48. The third-order valence-electron chi connectivity index (χ3n) is 1.61. The van der Waals surface area contributed by atoms with Crippen LogP contribution in [0.15, 0.2) is 0 Å². The number of nitrogens with two attached hydrogens (primary N) is 2. The molecule has 0 aromatic heterocycles. The van der Waals surface area contributed by atoms with Crippen LogP contribution in [0.5, 0.6) is 0 Å². The second-order valence-corrected chi connectivity index (χ2v) is 3.66. The highest BCUT2D eigenvalue weighted by Gasteiger charge is 2.28. The van der Waals surface area contributed by atoms with Crippen molar-refractivity contribution in [2.75, 3.05) is 0 Å². The van der Waals surface area contributed by atoms with Gasteiger partial charge < -0.3 is 21.9 Å². The molecule has 0 aliphatic carbocycles. The van der Waals surface area contributed by atoms with Crippen LogP contribution in [0.2, 0.25) is 0 Å². The van der Waals surface area contributed by atoms with Gasteiger partial charge in [-0.05, 0) is 13.8 Å². The summed E-state index contributed by atoms with van der Waals surface area (Å²) in [7, 11) is 0. The summed E-state index contributed by atoms with van der Waals surface area (Å²) in [5.41, 5.74) is 8.14. The van der Waals surface area contributed by atoms with Crippen LogP contribution in [-0.4, -0.2) is 34.5 Å². The summed E-state index contributed by atoms with van der Waals surface area (Å²) >= 11 is 0. The zero-order valence-corrected chi connectivity index (χ0v) is 8.61. The summed E-state index contributed by atoms with van der Waals surface area (Å²) in [5.74, 6) is -2.45. The van der Waals surface area contributed by atoms with Crippen molar-refractivity contribution in [3.8, 4) is 0 Å². The summed E-state index contributed by atoms with van der Waals surface area (Å²) in [4.78, 5) is 32.6. The van der Waals surface area contributed by atoms with Gasteiger partial charge in [-0.2, -0.15) is 0 Å². The smallest absolute Gasteiger partial charge is 0.252 e. The van der Waals surface area contributed by atoms with Gasteiger partial charge in [-0.3, -0.25) is 14.4 Å². The molecule has 1 atom stereocenters. The zero-order chi connectivity index (χ0) is 12.2. The first-order chi connectivity index (χ1) is 6.64. The normalized spacial score (nSPS) is 13.0. The lowest BCUT2D eigenvalue weighted by Gasteiger charge is -2.20. The van der Waals surface area contributed by atoms with Crippen LogP contribution >= 0.6 is 0 Å². The predicted octanol–water partition coefficient (Wildman–Crippen LogP) is -2.40. The van der Waals surface area contributed by atoms with E-state index < -0.39 is 35.8 Å². The number of carbonyl (C=O) groups excluding carboxylic acids is 3. The Balaban J connectivity index is 4.50. The molecular weight excluding hydrogens is 202 g/mol. The van der Waals surface area contributed by atoms with Crippen molar-refractivity contribution in [3.63, 3.8) is 0 Å². The van der Waals surface area contributed by atoms with Crippen LogP contribution in [0.1, 0.15) is 20.3 Å². The van der Waals surface area contributed by atoms with Gasteiger partial charge in [-0.1, -0.05) is 0 Å². The molecular formula is C8H15N3O4. The molecule has 0 radical (unpaired) electrons.